The van der Waals surface area contributed by atoms with E-state index in [1.165, 1.54) is 37.5 Å². The van der Waals surface area contributed by atoms with Crippen LogP contribution in [-0.2, 0) is 16.2 Å². The average Bonchev–Trinajstić information content (AvgIpc) is 2.88. The molecule has 0 bridgehead atoms. The lowest BCUT2D eigenvalue weighted by Crippen LogP contribution is -2.54. The summed E-state index contributed by atoms with van der Waals surface area (Å²) >= 11 is 12.6. The minimum Gasteiger partial charge on any atom is -0.493 e. The molecule has 1 saturated heterocycles. The predicted octanol–water partition coefficient (Wildman–Crippen LogP) is 5.46. The van der Waals surface area contributed by atoms with Crippen molar-refractivity contribution in [1.29, 1.82) is 0 Å². The van der Waals surface area contributed by atoms with Crippen LogP contribution in [0, 0.1) is 17.0 Å². The van der Waals surface area contributed by atoms with Crippen LogP contribution in [0.4, 0.5) is 16.2 Å². The van der Waals surface area contributed by atoms with Gasteiger partial charge in [0.15, 0.2) is 11.5 Å². The Morgan fingerprint density at radius 2 is 1.76 bits per heavy atom. The average molecular weight is 556 g/mol. The SMILES string of the molecule is COc1cc(/C=C2\C(=O)NC(=O)N(c3cccc(Cl)c3C)C2=O)cc(Cl)c1OCc1ccc([N+](=O)[O-])cc1. The number of carbonyl (C=O) groups excluding carboxylic acids is 3. The molecule has 1 aliphatic heterocycles. The summed E-state index contributed by atoms with van der Waals surface area (Å²) in [5.41, 5.74) is 1.38. The maximum absolute atomic E-state index is 13.2. The molecule has 0 unspecified atom stereocenters. The second-order valence-electron chi connectivity index (χ2n) is 8.09. The maximum atomic E-state index is 13.2. The van der Waals surface area contributed by atoms with E-state index in [2.05, 4.69) is 5.32 Å². The molecule has 1 N–H and O–H groups in total. The second kappa shape index (κ2) is 10.9. The molecular weight excluding hydrogens is 537 g/mol. The third-order valence-corrected chi connectivity index (χ3v) is 6.37. The van der Waals surface area contributed by atoms with Gasteiger partial charge in [-0.15, -0.1) is 0 Å². The zero-order valence-electron chi connectivity index (χ0n) is 20.0. The van der Waals surface area contributed by atoms with Gasteiger partial charge in [0.2, 0.25) is 0 Å². The van der Waals surface area contributed by atoms with Gasteiger partial charge in [0.1, 0.15) is 12.2 Å². The number of benzene rings is 3. The molecule has 12 heteroatoms. The Hall–Kier alpha value is -4.41. The number of amides is 4. The highest BCUT2D eigenvalue weighted by atomic mass is 35.5. The first-order valence-electron chi connectivity index (χ1n) is 11.0. The number of carbonyl (C=O) groups is 3. The Kier molecular flexibility index (Phi) is 7.65. The standard InChI is InChI=1S/C26H19Cl2N3O7/c1-14-19(27)4-3-5-21(14)30-25(33)18(24(32)29-26(30)34)10-16-11-20(28)23(22(12-16)37-2)38-13-15-6-8-17(9-7-15)31(35)36/h3-12H,13H2,1-2H3,(H,29,32,34)/b18-10+. The van der Waals surface area contributed by atoms with Crippen LogP contribution >= 0.6 is 23.2 Å². The first-order valence-corrected chi connectivity index (χ1v) is 11.8. The van der Waals surface area contributed by atoms with Crippen LogP contribution in [0.3, 0.4) is 0 Å². The first-order chi connectivity index (χ1) is 18.1. The van der Waals surface area contributed by atoms with E-state index in [-0.39, 0.29) is 40.1 Å². The summed E-state index contributed by atoms with van der Waals surface area (Å²) in [5, 5.41) is 13.5. The fourth-order valence-corrected chi connectivity index (χ4v) is 4.16. The van der Waals surface area contributed by atoms with Crippen molar-refractivity contribution >= 4 is 58.5 Å². The molecule has 3 aromatic carbocycles. The Labute approximate surface area is 226 Å². The third-order valence-electron chi connectivity index (χ3n) is 5.67. The molecule has 0 radical (unpaired) electrons. The summed E-state index contributed by atoms with van der Waals surface area (Å²) in [6, 6.07) is 12.7. The number of halogens is 2. The second-order valence-corrected chi connectivity index (χ2v) is 8.90. The van der Waals surface area contributed by atoms with E-state index in [1.54, 1.807) is 37.3 Å². The number of methoxy groups -OCH3 is 1. The summed E-state index contributed by atoms with van der Waals surface area (Å²) in [5.74, 6) is -1.30. The molecule has 1 fully saturated rings. The van der Waals surface area contributed by atoms with E-state index < -0.39 is 22.8 Å². The van der Waals surface area contributed by atoms with Crippen LogP contribution < -0.4 is 19.7 Å². The Balaban J connectivity index is 1.63. The van der Waals surface area contributed by atoms with Gasteiger partial charge in [-0.2, -0.15) is 0 Å². The number of nitro benzene ring substituents is 1. The quantitative estimate of drug-likeness (QED) is 0.177. The number of nitrogens with zero attached hydrogens (tertiary/aromatic N) is 2. The molecule has 10 nitrogen and oxygen atoms in total. The largest absolute Gasteiger partial charge is 0.493 e. The van der Waals surface area contributed by atoms with Gasteiger partial charge < -0.3 is 9.47 Å². The molecular formula is C26H19Cl2N3O7. The van der Waals surface area contributed by atoms with Crippen molar-refractivity contribution in [3.63, 3.8) is 0 Å². The summed E-state index contributed by atoms with van der Waals surface area (Å²) in [7, 11) is 1.39. The van der Waals surface area contributed by atoms with Crippen molar-refractivity contribution in [2.75, 3.05) is 12.0 Å². The van der Waals surface area contributed by atoms with Crippen molar-refractivity contribution < 1.29 is 28.8 Å². The van der Waals surface area contributed by atoms with Gasteiger partial charge in [-0.05, 0) is 66.1 Å². The van der Waals surface area contributed by atoms with E-state index in [9.17, 15) is 24.5 Å². The van der Waals surface area contributed by atoms with Crippen LogP contribution in [0.1, 0.15) is 16.7 Å². The lowest BCUT2D eigenvalue weighted by atomic mass is 10.1. The lowest BCUT2D eigenvalue weighted by molar-refractivity contribution is -0.384. The summed E-state index contributed by atoms with van der Waals surface area (Å²) in [6.45, 7) is 1.70. The number of urea groups is 1. The molecule has 4 rings (SSSR count). The van der Waals surface area contributed by atoms with Crippen molar-refractivity contribution in [2.45, 2.75) is 13.5 Å². The van der Waals surface area contributed by atoms with E-state index in [4.69, 9.17) is 32.7 Å². The molecule has 0 aliphatic carbocycles. The highest BCUT2D eigenvalue weighted by Gasteiger charge is 2.37. The number of rotatable bonds is 7. The number of hydrogen-bond acceptors (Lipinski definition) is 7. The molecule has 1 heterocycles. The topological polar surface area (TPSA) is 128 Å². The van der Waals surface area contributed by atoms with Crippen LogP contribution in [0.15, 0.2) is 60.2 Å². The number of ether oxygens (including phenoxy) is 2. The monoisotopic (exact) mass is 555 g/mol. The smallest absolute Gasteiger partial charge is 0.335 e. The van der Waals surface area contributed by atoms with Gasteiger partial charge in [-0.1, -0.05) is 29.3 Å². The molecule has 194 valence electrons. The number of imide groups is 2. The van der Waals surface area contributed by atoms with E-state index in [1.807, 2.05) is 0 Å². The Bertz CT molecular complexity index is 1500. The highest BCUT2D eigenvalue weighted by Crippen LogP contribution is 2.38. The number of anilines is 1. The van der Waals surface area contributed by atoms with Gasteiger partial charge in [0, 0.05) is 17.2 Å². The normalized spacial score (nSPS) is 14.5. The number of barbiturate groups is 1. The van der Waals surface area contributed by atoms with E-state index >= 15 is 0 Å². The molecule has 0 aromatic heterocycles. The predicted molar refractivity (Wildman–Crippen MR) is 141 cm³/mol. The van der Waals surface area contributed by atoms with E-state index in [0.717, 1.165) is 4.90 Å². The first kappa shape index (κ1) is 26.6. The Morgan fingerprint density at radius 3 is 2.42 bits per heavy atom. The number of hydrogen-bond donors (Lipinski definition) is 1. The fraction of sp³-hybridized carbons (Fsp3) is 0.115. The van der Waals surface area contributed by atoms with Crippen molar-refractivity contribution in [3.05, 3.63) is 97.0 Å². The third kappa shape index (κ3) is 5.31. The number of nitro groups is 1. The van der Waals surface area contributed by atoms with Crippen molar-refractivity contribution in [2.24, 2.45) is 0 Å². The van der Waals surface area contributed by atoms with Gasteiger partial charge in [-0.25, -0.2) is 9.69 Å². The van der Waals surface area contributed by atoms with E-state index in [0.29, 0.717) is 21.7 Å². The zero-order valence-corrected chi connectivity index (χ0v) is 21.5. The minimum atomic E-state index is -0.895. The molecule has 1 aliphatic rings. The van der Waals surface area contributed by atoms with Gasteiger partial charge >= 0.3 is 6.03 Å². The van der Waals surface area contributed by atoms with Crippen molar-refractivity contribution in [1.82, 2.24) is 5.32 Å². The molecule has 3 aromatic rings. The number of nitrogens with one attached hydrogen (secondary N) is 1. The lowest BCUT2D eigenvalue weighted by Gasteiger charge is -2.27. The van der Waals surface area contributed by atoms with Crippen molar-refractivity contribution in [3.8, 4) is 11.5 Å². The van der Waals surface area contributed by atoms with Crippen LogP contribution in [0.2, 0.25) is 10.0 Å². The molecule has 4 amide bonds. The van der Waals surface area contributed by atoms with Crippen LogP contribution in [0.25, 0.3) is 6.08 Å². The van der Waals surface area contributed by atoms with Crippen LogP contribution in [-0.4, -0.2) is 29.9 Å². The highest BCUT2D eigenvalue weighted by molar-refractivity contribution is 6.40. The maximum Gasteiger partial charge on any atom is 0.335 e. The fourth-order valence-electron chi connectivity index (χ4n) is 3.71. The van der Waals surface area contributed by atoms with Crippen LogP contribution in [0.5, 0.6) is 11.5 Å². The summed E-state index contributed by atoms with van der Waals surface area (Å²) < 4.78 is 11.2. The number of non-ortho nitro benzene ring substituents is 1. The minimum absolute atomic E-state index is 0.0471. The summed E-state index contributed by atoms with van der Waals surface area (Å²) in [4.78, 5) is 49.5. The molecule has 0 atom stereocenters. The Morgan fingerprint density at radius 1 is 1.05 bits per heavy atom. The van der Waals surface area contributed by atoms with Gasteiger partial charge in [0.25, 0.3) is 17.5 Å². The zero-order chi connectivity index (χ0) is 27.6. The molecule has 0 saturated carbocycles. The molecule has 0 spiro atoms. The van der Waals surface area contributed by atoms with Gasteiger partial charge in [-0.3, -0.25) is 25.0 Å². The summed E-state index contributed by atoms with van der Waals surface area (Å²) in [6.07, 6.45) is 1.28. The molecule has 38 heavy (non-hydrogen) atoms. The van der Waals surface area contributed by atoms with Gasteiger partial charge in [0.05, 0.1) is 22.7 Å².